The molecule has 7 heteroatoms. The summed E-state index contributed by atoms with van der Waals surface area (Å²) in [6, 6.07) is 35.4. The number of nitrogens with zero attached hydrogens (tertiary/aromatic N) is 1. The van der Waals surface area contributed by atoms with Crippen molar-refractivity contribution in [2.45, 2.75) is 30.9 Å². The molecule has 0 radical (unpaired) electrons. The van der Waals surface area contributed by atoms with Crippen molar-refractivity contribution in [3.63, 3.8) is 0 Å². The highest BCUT2D eigenvalue weighted by Gasteiger charge is 2.53. The Bertz CT molecular complexity index is 1540. The van der Waals surface area contributed by atoms with Gasteiger partial charge in [-0.15, -0.1) is 0 Å². The van der Waals surface area contributed by atoms with E-state index in [1.807, 2.05) is 109 Å². The Balaban J connectivity index is 1.49. The first-order valence-corrected chi connectivity index (χ1v) is 15.3. The minimum atomic E-state index is -1.25. The van der Waals surface area contributed by atoms with E-state index in [1.54, 1.807) is 0 Å². The van der Waals surface area contributed by atoms with Crippen molar-refractivity contribution < 1.29 is 19.4 Å². The molecule has 2 N–H and O–H groups in total. The molecule has 5 rings (SSSR count). The number of aliphatic imine (C=N–C) groups is 1. The molecule has 4 aromatic rings. The van der Waals surface area contributed by atoms with Gasteiger partial charge in [-0.05, 0) is 47.9 Å². The van der Waals surface area contributed by atoms with Gasteiger partial charge in [0.05, 0.1) is 6.61 Å². The normalized spacial score (nSPS) is 17.8. The van der Waals surface area contributed by atoms with Crippen molar-refractivity contribution in [2.24, 2.45) is 4.99 Å². The molecule has 0 saturated carbocycles. The average Bonchev–Trinajstić information content (AvgIpc) is 3.43. The van der Waals surface area contributed by atoms with Gasteiger partial charge in [-0.3, -0.25) is 4.79 Å². The van der Waals surface area contributed by atoms with Gasteiger partial charge in [0.1, 0.15) is 5.75 Å². The van der Waals surface area contributed by atoms with E-state index in [1.165, 1.54) is 0 Å². The van der Waals surface area contributed by atoms with Crippen LogP contribution in [0.4, 0.5) is 0 Å². The summed E-state index contributed by atoms with van der Waals surface area (Å²) in [5.41, 5.74) is 2.53. The number of aliphatic hydroxyl groups excluding tert-OH is 1. The van der Waals surface area contributed by atoms with E-state index in [2.05, 4.69) is 33.4 Å². The summed E-state index contributed by atoms with van der Waals surface area (Å²) in [6.45, 7) is 0.977. The molecule has 1 aliphatic rings. The lowest BCUT2D eigenvalue weighted by atomic mass is 9.84. The molecule has 0 spiro atoms. The zero-order valence-corrected chi connectivity index (χ0v) is 25.5. The van der Waals surface area contributed by atoms with Crippen molar-refractivity contribution in [3.05, 3.63) is 142 Å². The van der Waals surface area contributed by atoms with Crippen LogP contribution in [0, 0.1) is 0 Å². The fraction of sp³-hybridized carbons (Fsp3) is 0.222. The number of benzene rings is 4. The number of hydrogen-bond donors (Lipinski definition) is 2. The Morgan fingerprint density at radius 1 is 0.953 bits per heavy atom. The molecule has 1 aliphatic heterocycles. The van der Waals surface area contributed by atoms with Crippen LogP contribution >= 0.6 is 15.9 Å². The minimum absolute atomic E-state index is 0.0768. The maximum atomic E-state index is 14.3. The van der Waals surface area contributed by atoms with Gasteiger partial charge in [0.15, 0.2) is 11.6 Å². The van der Waals surface area contributed by atoms with Crippen LogP contribution in [0.2, 0.25) is 0 Å². The van der Waals surface area contributed by atoms with Gasteiger partial charge >= 0.3 is 0 Å². The zero-order chi connectivity index (χ0) is 29.9. The van der Waals surface area contributed by atoms with Crippen LogP contribution in [-0.2, 0) is 16.0 Å². The first-order chi connectivity index (χ1) is 21.1. The van der Waals surface area contributed by atoms with Gasteiger partial charge in [0, 0.05) is 41.6 Å². The molecule has 0 bridgehead atoms. The molecule has 4 aromatic carbocycles. The average molecular weight is 640 g/mol. The lowest BCUT2D eigenvalue weighted by molar-refractivity contribution is -0.128. The first-order valence-electron chi connectivity index (χ1n) is 14.5. The molecule has 0 aliphatic carbocycles. The maximum Gasteiger partial charge on any atom is 0.252 e. The second-order valence-electron chi connectivity index (χ2n) is 10.3. The Labute approximate surface area is 261 Å². The van der Waals surface area contributed by atoms with Gasteiger partial charge in [-0.1, -0.05) is 107 Å². The Morgan fingerprint density at radius 3 is 2.37 bits per heavy atom. The van der Waals surface area contributed by atoms with Crippen molar-refractivity contribution in [1.82, 2.24) is 5.32 Å². The molecule has 1 amide bonds. The number of hydrogen-bond acceptors (Lipinski definition) is 5. The molecule has 0 aromatic heterocycles. The Morgan fingerprint density at radius 2 is 1.65 bits per heavy atom. The first kappa shape index (κ1) is 30.3. The fourth-order valence-electron chi connectivity index (χ4n) is 5.04. The van der Waals surface area contributed by atoms with E-state index >= 15 is 0 Å². The van der Waals surface area contributed by atoms with Crippen LogP contribution in [0.15, 0.2) is 125 Å². The van der Waals surface area contributed by atoms with Crippen molar-refractivity contribution in [2.75, 3.05) is 19.8 Å². The van der Waals surface area contributed by atoms with Crippen LogP contribution in [0.3, 0.4) is 0 Å². The molecule has 0 unspecified atom stereocenters. The summed E-state index contributed by atoms with van der Waals surface area (Å²) >= 11 is 3.70. The van der Waals surface area contributed by atoms with E-state index in [4.69, 9.17) is 19.6 Å². The second-order valence-corrected chi connectivity index (χ2v) is 11.2. The third kappa shape index (κ3) is 7.61. The van der Waals surface area contributed by atoms with Crippen LogP contribution in [0.5, 0.6) is 5.75 Å². The van der Waals surface area contributed by atoms with Crippen LogP contribution in [0.1, 0.15) is 41.2 Å². The maximum absolute atomic E-state index is 14.3. The molecule has 0 saturated heterocycles. The van der Waals surface area contributed by atoms with Gasteiger partial charge in [0.25, 0.3) is 5.91 Å². The van der Waals surface area contributed by atoms with E-state index in [0.717, 1.165) is 26.7 Å². The Kier molecular flexibility index (Phi) is 10.4. The molecule has 6 nitrogen and oxygen atoms in total. The molecule has 0 fully saturated rings. The number of aliphatic hydroxyl groups is 1. The summed E-state index contributed by atoms with van der Waals surface area (Å²) in [5, 5.41) is 12.2. The molecule has 2 atom stereocenters. The van der Waals surface area contributed by atoms with Crippen molar-refractivity contribution in [3.8, 4) is 5.75 Å². The number of rotatable bonds is 13. The van der Waals surface area contributed by atoms with Gasteiger partial charge in [-0.25, -0.2) is 4.99 Å². The highest BCUT2D eigenvalue weighted by Crippen LogP contribution is 2.45. The van der Waals surface area contributed by atoms with Crippen LogP contribution < -0.4 is 10.1 Å². The topological polar surface area (TPSA) is 80.2 Å². The number of carbonyl (C=O) groups excluding carboxylic acids is 1. The highest BCUT2D eigenvalue weighted by molar-refractivity contribution is 9.10. The predicted molar refractivity (Wildman–Crippen MR) is 174 cm³/mol. The molecule has 220 valence electrons. The van der Waals surface area contributed by atoms with Crippen molar-refractivity contribution in [1.29, 1.82) is 0 Å². The van der Waals surface area contributed by atoms with E-state index in [-0.39, 0.29) is 12.5 Å². The standard InChI is InChI=1S/C36H35BrN2O4/c37-32-17-8-7-16-31(32)33-36(23-9-15-27-11-3-1-4-12-27,35(41)38-24-22-28-13-5-2-6-14-28)39-34(43-33)29-18-20-30(21-19-29)42-26-10-25-40/h1-9,11-21,33,40H,10,22-26H2,(H,38,41)/b15-9+/t33-,36-/m1/s1. The molecule has 43 heavy (non-hydrogen) atoms. The molecule has 1 heterocycles. The summed E-state index contributed by atoms with van der Waals surface area (Å²) in [7, 11) is 0. The lowest BCUT2D eigenvalue weighted by Crippen LogP contribution is -2.48. The van der Waals surface area contributed by atoms with Crippen LogP contribution in [-0.4, -0.2) is 42.2 Å². The van der Waals surface area contributed by atoms with Gasteiger partial charge in [-0.2, -0.15) is 0 Å². The SMILES string of the molecule is O=C(NCCc1ccccc1)[C@]1(C/C=C/c2ccccc2)N=C(c2ccc(OCCCO)cc2)O[C@@H]1c1ccccc1Br. The summed E-state index contributed by atoms with van der Waals surface area (Å²) in [5.74, 6) is 0.892. The second kappa shape index (κ2) is 14.8. The number of nitrogens with one attached hydrogen (secondary N) is 1. The highest BCUT2D eigenvalue weighted by atomic mass is 79.9. The fourth-order valence-corrected chi connectivity index (χ4v) is 5.53. The number of ether oxygens (including phenoxy) is 2. The third-order valence-corrected chi connectivity index (χ3v) is 8.02. The van der Waals surface area contributed by atoms with E-state index < -0.39 is 11.6 Å². The van der Waals surface area contributed by atoms with Gasteiger partial charge in [0.2, 0.25) is 5.90 Å². The summed E-state index contributed by atoms with van der Waals surface area (Å²) in [6.07, 6.45) is 4.94. The van der Waals surface area contributed by atoms with Crippen LogP contribution in [0.25, 0.3) is 6.08 Å². The monoisotopic (exact) mass is 638 g/mol. The number of carbonyl (C=O) groups is 1. The Hall–Kier alpha value is -4.20. The largest absolute Gasteiger partial charge is 0.494 e. The van der Waals surface area contributed by atoms with E-state index in [9.17, 15) is 4.79 Å². The molecular weight excluding hydrogens is 604 g/mol. The van der Waals surface area contributed by atoms with Crippen molar-refractivity contribution >= 4 is 33.8 Å². The number of amides is 1. The smallest absolute Gasteiger partial charge is 0.252 e. The third-order valence-electron chi connectivity index (χ3n) is 7.30. The quantitative estimate of drug-likeness (QED) is 0.156. The zero-order valence-electron chi connectivity index (χ0n) is 23.9. The van der Waals surface area contributed by atoms with E-state index in [0.29, 0.717) is 44.1 Å². The summed E-state index contributed by atoms with van der Waals surface area (Å²) < 4.78 is 13.2. The van der Waals surface area contributed by atoms with Gasteiger partial charge < -0.3 is 19.9 Å². The predicted octanol–water partition coefficient (Wildman–Crippen LogP) is 6.93. The molecular formula is C36H35BrN2O4. The number of halogens is 1. The lowest BCUT2D eigenvalue weighted by Gasteiger charge is -2.30. The minimum Gasteiger partial charge on any atom is -0.494 e. The summed E-state index contributed by atoms with van der Waals surface area (Å²) in [4.78, 5) is 19.4.